The van der Waals surface area contributed by atoms with Gasteiger partial charge in [0, 0.05) is 27.5 Å². The summed E-state index contributed by atoms with van der Waals surface area (Å²) < 4.78 is 0. The molecule has 0 saturated heterocycles. The third-order valence-corrected chi connectivity index (χ3v) is 3.17. The van der Waals surface area contributed by atoms with Gasteiger partial charge in [0.2, 0.25) is 0 Å². The van der Waals surface area contributed by atoms with Gasteiger partial charge in [-0.25, -0.2) is 0 Å². The van der Waals surface area contributed by atoms with Crippen molar-refractivity contribution < 1.29 is 4.79 Å². The van der Waals surface area contributed by atoms with Crippen molar-refractivity contribution in [3.8, 4) is 0 Å². The van der Waals surface area contributed by atoms with Crippen molar-refractivity contribution in [3.05, 3.63) is 58.1 Å². The van der Waals surface area contributed by atoms with Crippen LogP contribution in [0.1, 0.15) is 24.2 Å². The molecule has 3 nitrogen and oxygen atoms in total. The molecule has 0 saturated carbocycles. The van der Waals surface area contributed by atoms with Gasteiger partial charge in [-0.1, -0.05) is 35.3 Å². The third-order valence-electron chi connectivity index (χ3n) is 2.74. The van der Waals surface area contributed by atoms with E-state index in [2.05, 4.69) is 10.6 Å². The molecule has 0 aromatic heterocycles. The van der Waals surface area contributed by atoms with Crippen LogP contribution in [0.15, 0.2) is 42.5 Å². The molecule has 110 valence electrons. The van der Waals surface area contributed by atoms with Crippen molar-refractivity contribution in [3.63, 3.8) is 0 Å². The van der Waals surface area contributed by atoms with Crippen molar-refractivity contribution in [2.75, 3.05) is 10.6 Å². The van der Waals surface area contributed by atoms with Gasteiger partial charge < -0.3 is 10.6 Å². The summed E-state index contributed by atoms with van der Waals surface area (Å²) in [6.45, 7) is 4.04. The summed E-state index contributed by atoms with van der Waals surface area (Å²) in [6, 6.07) is 12.5. The van der Waals surface area contributed by atoms with Gasteiger partial charge >= 0.3 is 0 Å². The molecule has 21 heavy (non-hydrogen) atoms. The average Bonchev–Trinajstić information content (AvgIpc) is 2.37. The number of hydrogen-bond acceptors (Lipinski definition) is 2. The maximum atomic E-state index is 12.4. The normalized spacial score (nSPS) is 10.5. The van der Waals surface area contributed by atoms with Crippen molar-refractivity contribution >= 4 is 40.5 Å². The maximum absolute atomic E-state index is 12.4. The summed E-state index contributed by atoms with van der Waals surface area (Å²) in [5.74, 6) is -0.211. The molecule has 0 aliphatic rings. The van der Waals surface area contributed by atoms with Crippen LogP contribution in [0.2, 0.25) is 10.0 Å². The lowest BCUT2D eigenvalue weighted by Gasteiger charge is -2.14. The van der Waals surface area contributed by atoms with E-state index >= 15 is 0 Å². The molecule has 0 atom stereocenters. The summed E-state index contributed by atoms with van der Waals surface area (Å²) in [5.41, 5.74) is 1.93. The molecule has 0 unspecified atom stereocenters. The predicted octanol–water partition coefficient (Wildman–Crippen LogP) is 5.07. The number of benzene rings is 2. The molecule has 2 aromatic rings. The Bertz CT molecular complexity index is 636. The molecule has 0 fully saturated rings. The zero-order valence-corrected chi connectivity index (χ0v) is 13.3. The first-order valence-electron chi connectivity index (χ1n) is 6.58. The molecule has 0 radical (unpaired) electrons. The number of para-hydroxylation sites is 1. The quantitative estimate of drug-likeness (QED) is 0.825. The Morgan fingerprint density at radius 3 is 2.29 bits per heavy atom. The molecule has 2 rings (SSSR count). The number of carbonyl (C=O) groups is 1. The number of amides is 1. The fourth-order valence-electron chi connectivity index (χ4n) is 1.94. The van der Waals surface area contributed by atoms with Crippen LogP contribution in [0.5, 0.6) is 0 Å². The van der Waals surface area contributed by atoms with Crippen molar-refractivity contribution in [2.45, 2.75) is 19.9 Å². The average molecular weight is 323 g/mol. The Kier molecular flexibility index (Phi) is 5.10. The van der Waals surface area contributed by atoms with E-state index in [0.717, 1.165) is 5.69 Å². The van der Waals surface area contributed by atoms with Crippen LogP contribution in [0.4, 0.5) is 11.4 Å². The summed E-state index contributed by atoms with van der Waals surface area (Å²) in [6.07, 6.45) is 0. The van der Waals surface area contributed by atoms with Gasteiger partial charge in [-0.3, -0.25) is 4.79 Å². The van der Waals surface area contributed by atoms with E-state index in [1.165, 1.54) is 0 Å². The summed E-state index contributed by atoms with van der Waals surface area (Å²) in [7, 11) is 0. The molecule has 0 spiro atoms. The lowest BCUT2D eigenvalue weighted by molar-refractivity contribution is 0.102. The largest absolute Gasteiger partial charge is 0.382 e. The molecule has 1 amide bonds. The minimum atomic E-state index is -0.211. The van der Waals surface area contributed by atoms with Crippen LogP contribution in [-0.4, -0.2) is 11.9 Å². The third kappa shape index (κ3) is 4.38. The molecular weight excluding hydrogens is 307 g/mol. The molecule has 2 N–H and O–H groups in total. The number of halogens is 2. The van der Waals surface area contributed by atoms with E-state index in [0.29, 0.717) is 21.3 Å². The van der Waals surface area contributed by atoms with Gasteiger partial charge in [-0.15, -0.1) is 0 Å². The van der Waals surface area contributed by atoms with E-state index in [-0.39, 0.29) is 11.9 Å². The Morgan fingerprint density at radius 1 is 1.05 bits per heavy atom. The van der Waals surface area contributed by atoms with Gasteiger partial charge in [0.1, 0.15) is 0 Å². The smallest absolute Gasteiger partial charge is 0.257 e. The Hall–Kier alpha value is -1.71. The van der Waals surface area contributed by atoms with Crippen LogP contribution in [0.3, 0.4) is 0 Å². The number of nitrogens with one attached hydrogen (secondary N) is 2. The molecular formula is C16H16Cl2N2O. The number of carbonyl (C=O) groups excluding carboxylic acids is 1. The zero-order valence-electron chi connectivity index (χ0n) is 11.8. The van der Waals surface area contributed by atoms with Crippen LogP contribution in [0.25, 0.3) is 0 Å². The van der Waals surface area contributed by atoms with E-state index in [4.69, 9.17) is 23.2 Å². The van der Waals surface area contributed by atoms with Crippen molar-refractivity contribution in [1.82, 2.24) is 0 Å². The summed E-state index contributed by atoms with van der Waals surface area (Å²) in [4.78, 5) is 12.4. The zero-order chi connectivity index (χ0) is 15.4. The predicted molar refractivity (Wildman–Crippen MR) is 89.6 cm³/mol. The molecule has 2 aromatic carbocycles. The van der Waals surface area contributed by atoms with E-state index < -0.39 is 0 Å². The Balaban J connectivity index is 2.24. The van der Waals surface area contributed by atoms with E-state index in [1.54, 1.807) is 24.3 Å². The summed E-state index contributed by atoms with van der Waals surface area (Å²) >= 11 is 11.9. The second-order valence-electron chi connectivity index (χ2n) is 4.96. The van der Waals surface area contributed by atoms with E-state index in [1.807, 2.05) is 32.0 Å². The second kappa shape index (κ2) is 6.83. The minimum absolute atomic E-state index is 0.211. The van der Waals surface area contributed by atoms with Crippen LogP contribution >= 0.6 is 23.2 Å². The van der Waals surface area contributed by atoms with Gasteiger partial charge in [0.25, 0.3) is 5.91 Å². The topological polar surface area (TPSA) is 41.1 Å². The fraction of sp³-hybridized carbons (Fsp3) is 0.188. The standard InChI is InChI=1S/C16H16Cl2N2O/c1-10(2)19-15-6-4-3-5-14(15)16(21)20-13-8-11(17)7-12(18)9-13/h3-10,19H,1-2H3,(H,20,21). The first kappa shape index (κ1) is 15.7. The first-order valence-corrected chi connectivity index (χ1v) is 7.34. The highest BCUT2D eigenvalue weighted by atomic mass is 35.5. The second-order valence-corrected chi connectivity index (χ2v) is 5.83. The number of hydrogen-bond donors (Lipinski definition) is 2. The lowest BCUT2D eigenvalue weighted by Crippen LogP contribution is -2.17. The molecule has 5 heteroatoms. The fourth-order valence-corrected chi connectivity index (χ4v) is 2.47. The van der Waals surface area contributed by atoms with Crippen LogP contribution < -0.4 is 10.6 Å². The molecule has 0 heterocycles. The monoisotopic (exact) mass is 322 g/mol. The van der Waals surface area contributed by atoms with Crippen LogP contribution in [0, 0.1) is 0 Å². The number of rotatable bonds is 4. The highest BCUT2D eigenvalue weighted by Gasteiger charge is 2.12. The molecule has 0 aliphatic carbocycles. The highest BCUT2D eigenvalue weighted by molar-refractivity contribution is 6.35. The Morgan fingerprint density at radius 2 is 1.67 bits per heavy atom. The SMILES string of the molecule is CC(C)Nc1ccccc1C(=O)Nc1cc(Cl)cc(Cl)c1. The van der Waals surface area contributed by atoms with Gasteiger partial charge in [-0.05, 0) is 44.2 Å². The number of anilines is 2. The summed E-state index contributed by atoms with van der Waals surface area (Å²) in [5, 5.41) is 7.01. The maximum Gasteiger partial charge on any atom is 0.257 e. The van der Waals surface area contributed by atoms with Gasteiger partial charge in [0.15, 0.2) is 0 Å². The van der Waals surface area contributed by atoms with Crippen LogP contribution in [-0.2, 0) is 0 Å². The Labute approximate surface area is 134 Å². The lowest BCUT2D eigenvalue weighted by atomic mass is 10.1. The molecule has 0 bridgehead atoms. The van der Waals surface area contributed by atoms with E-state index in [9.17, 15) is 4.79 Å². The highest BCUT2D eigenvalue weighted by Crippen LogP contribution is 2.24. The van der Waals surface area contributed by atoms with Crippen molar-refractivity contribution in [2.24, 2.45) is 0 Å². The minimum Gasteiger partial charge on any atom is -0.382 e. The first-order chi connectivity index (χ1) is 9.95. The van der Waals surface area contributed by atoms with Gasteiger partial charge in [0.05, 0.1) is 5.56 Å². The molecule has 0 aliphatic heterocycles. The van der Waals surface area contributed by atoms with Crippen molar-refractivity contribution in [1.29, 1.82) is 0 Å². The van der Waals surface area contributed by atoms with Gasteiger partial charge in [-0.2, -0.15) is 0 Å².